The van der Waals surface area contributed by atoms with Gasteiger partial charge in [-0.05, 0) is 86.5 Å². The zero-order chi connectivity index (χ0) is 20.0. The number of hydrogen-bond acceptors (Lipinski definition) is 3. The molecule has 0 spiro atoms. The highest BCUT2D eigenvalue weighted by Crippen LogP contribution is 2.60. The lowest BCUT2D eigenvalue weighted by molar-refractivity contribution is -0.147. The Hall–Kier alpha value is -2.42. The van der Waals surface area contributed by atoms with Crippen LogP contribution in [0, 0.1) is 30.1 Å². The molecule has 0 saturated heterocycles. The first-order valence-electron chi connectivity index (χ1n) is 10.9. The molecule has 0 unspecified atom stereocenters. The van der Waals surface area contributed by atoms with Crippen LogP contribution in [0.2, 0.25) is 0 Å². The number of carbonyl (C=O) groups excluding carboxylic acids is 2. The van der Waals surface area contributed by atoms with Crippen LogP contribution in [0.25, 0.3) is 11.1 Å². The molecule has 4 aliphatic carbocycles. The van der Waals surface area contributed by atoms with Crippen molar-refractivity contribution < 1.29 is 14.3 Å². The van der Waals surface area contributed by atoms with Crippen LogP contribution >= 0.6 is 0 Å². The van der Waals surface area contributed by atoms with E-state index in [1.807, 2.05) is 12.1 Å². The summed E-state index contributed by atoms with van der Waals surface area (Å²) in [5, 5.41) is 0. The van der Waals surface area contributed by atoms with E-state index in [9.17, 15) is 9.59 Å². The van der Waals surface area contributed by atoms with Gasteiger partial charge in [-0.25, -0.2) is 4.79 Å². The number of benzene rings is 2. The minimum Gasteiger partial charge on any atom is -0.454 e. The quantitative estimate of drug-likeness (QED) is 0.626. The van der Waals surface area contributed by atoms with Crippen LogP contribution in [0.5, 0.6) is 0 Å². The van der Waals surface area contributed by atoms with Crippen molar-refractivity contribution in [3.63, 3.8) is 0 Å². The van der Waals surface area contributed by atoms with Gasteiger partial charge >= 0.3 is 5.97 Å². The Balaban J connectivity index is 1.22. The first kappa shape index (κ1) is 18.6. The molecule has 150 valence electrons. The minimum absolute atomic E-state index is 0.0787. The molecule has 4 fully saturated rings. The van der Waals surface area contributed by atoms with E-state index in [1.54, 1.807) is 12.1 Å². The summed E-state index contributed by atoms with van der Waals surface area (Å²) in [6.07, 6.45) is 6.96. The number of carbonyl (C=O) groups is 2. The maximum absolute atomic E-state index is 13.0. The van der Waals surface area contributed by atoms with Crippen LogP contribution in [0.15, 0.2) is 48.5 Å². The lowest BCUT2D eigenvalue weighted by Gasteiger charge is -2.55. The van der Waals surface area contributed by atoms with Crippen molar-refractivity contribution in [3.05, 3.63) is 59.7 Å². The Kier molecular flexibility index (Phi) is 4.57. The smallest absolute Gasteiger partial charge is 0.338 e. The Labute approximate surface area is 172 Å². The van der Waals surface area contributed by atoms with Crippen LogP contribution in [-0.2, 0) is 9.53 Å². The summed E-state index contributed by atoms with van der Waals surface area (Å²) < 4.78 is 5.45. The normalized spacial score (nSPS) is 29.6. The highest BCUT2D eigenvalue weighted by molar-refractivity contribution is 5.93. The van der Waals surface area contributed by atoms with Gasteiger partial charge in [-0.15, -0.1) is 0 Å². The number of esters is 1. The van der Waals surface area contributed by atoms with Crippen molar-refractivity contribution in [1.82, 2.24) is 0 Å². The zero-order valence-corrected chi connectivity index (χ0v) is 17.0. The van der Waals surface area contributed by atoms with E-state index < -0.39 is 5.97 Å². The zero-order valence-electron chi connectivity index (χ0n) is 17.0. The van der Waals surface area contributed by atoms with Crippen LogP contribution in [0.1, 0.15) is 54.4 Å². The average Bonchev–Trinajstić information content (AvgIpc) is 2.71. The molecule has 0 radical (unpaired) electrons. The van der Waals surface area contributed by atoms with Gasteiger partial charge in [0.15, 0.2) is 12.4 Å². The largest absolute Gasteiger partial charge is 0.454 e. The van der Waals surface area contributed by atoms with Crippen molar-refractivity contribution in [2.75, 3.05) is 6.61 Å². The van der Waals surface area contributed by atoms with E-state index in [1.165, 1.54) is 24.8 Å². The fourth-order valence-corrected chi connectivity index (χ4v) is 6.36. The van der Waals surface area contributed by atoms with E-state index in [0.29, 0.717) is 5.56 Å². The van der Waals surface area contributed by atoms with Crippen molar-refractivity contribution in [2.24, 2.45) is 23.2 Å². The average molecular weight is 389 g/mol. The minimum atomic E-state index is -0.404. The molecule has 2 aromatic rings. The van der Waals surface area contributed by atoms with Crippen molar-refractivity contribution >= 4 is 11.8 Å². The second kappa shape index (κ2) is 7.12. The molecule has 0 amide bonds. The van der Waals surface area contributed by atoms with Crippen molar-refractivity contribution in [1.29, 1.82) is 0 Å². The number of ether oxygens (including phenoxy) is 1. The summed E-state index contributed by atoms with van der Waals surface area (Å²) in [5.41, 5.74) is 3.69. The van der Waals surface area contributed by atoms with E-state index in [4.69, 9.17) is 4.74 Å². The summed E-state index contributed by atoms with van der Waals surface area (Å²) >= 11 is 0. The molecule has 4 aliphatic rings. The predicted octanol–water partition coefficient (Wildman–Crippen LogP) is 5.60. The number of Topliss-reactive ketones (excluding diaryl/α,β-unsaturated/α-hetero) is 1. The van der Waals surface area contributed by atoms with E-state index >= 15 is 0 Å². The summed E-state index contributed by atoms with van der Waals surface area (Å²) in [6, 6.07) is 15.7. The fourth-order valence-electron chi connectivity index (χ4n) is 6.36. The standard InChI is InChI=1S/C26H28O3/c1-17-2-4-21(5-3-17)22-6-8-23(9-7-22)25(28)29-16-24(27)26-13-18-10-19(14-26)12-20(11-18)15-26/h2-9,18-20H,10-16H2,1H3. The number of aryl methyl sites for hydroxylation is 1. The molecule has 0 aliphatic heterocycles. The summed E-state index contributed by atoms with van der Waals surface area (Å²) in [6.45, 7) is 1.98. The van der Waals surface area contributed by atoms with Crippen LogP contribution in [0.3, 0.4) is 0 Å². The van der Waals surface area contributed by atoms with Gasteiger partial charge in [0.1, 0.15) is 0 Å². The van der Waals surface area contributed by atoms with Gasteiger partial charge in [-0.1, -0.05) is 42.0 Å². The Morgan fingerprint density at radius 2 is 1.31 bits per heavy atom. The first-order chi connectivity index (χ1) is 14.0. The molecule has 0 N–H and O–H groups in total. The second-order valence-electron chi connectivity index (χ2n) is 9.64. The van der Waals surface area contributed by atoms with E-state index in [-0.39, 0.29) is 17.8 Å². The first-order valence-corrected chi connectivity index (χ1v) is 10.9. The van der Waals surface area contributed by atoms with Gasteiger partial charge in [0.2, 0.25) is 0 Å². The molecule has 0 heterocycles. The topological polar surface area (TPSA) is 43.4 Å². The summed E-state index contributed by atoms with van der Waals surface area (Å²) in [4.78, 5) is 25.5. The molecule has 0 atom stereocenters. The molecular formula is C26H28O3. The molecule has 4 bridgehead atoms. The van der Waals surface area contributed by atoms with Crippen molar-refractivity contribution in [2.45, 2.75) is 45.4 Å². The molecule has 2 aromatic carbocycles. The van der Waals surface area contributed by atoms with Gasteiger partial charge in [-0.2, -0.15) is 0 Å². The lowest BCUT2D eigenvalue weighted by Crippen LogP contribution is -2.51. The third-order valence-electron chi connectivity index (χ3n) is 7.47. The molecule has 6 rings (SSSR count). The SMILES string of the molecule is Cc1ccc(-c2ccc(C(=O)OCC(=O)C34CC5CC(CC(C5)C3)C4)cc2)cc1. The van der Waals surface area contributed by atoms with Gasteiger partial charge in [0, 0.05) is 5.41 Å². The van der Waals surface area contributed by atoms with Gasteiger partial charge in [0.25, 0.3) is 0 Å². The molecule has 29 heavy (non-hydrogen) atoms. The summed E-state index contributed by atoms with van der Waals surface area (Å²) in [5.74, 6) is 1.90. The maximum atomic E-state index is 13.0. The summed E-state index contributed by atoms with van der Waals surface area (Å²) in [7, 11) is 0. The monoisotopic (exact) mass is 388 g/mol. The highest BCUT2D eigenvalue weighted by atomic mass is 16.5. The Morgan fingerprint density at radius 3 is 1.83 bits per heavy atom. The highest BCUT2D eigenvalue weighted by Gasteiger charge is 2.54. The molecule has 3 heteroatoms. The molecule has 3 nitrogen and oxygen atoms in total. The van der Waals surface area contributed by atoms with Crippen LogP contribution in [-0.4, -0.2) is 18.4 Å². The van der Waals surface area contributed by atoms with Gasteiger partial charge in [0.05, 0.1) is 5.56 Å². The maximum Gasteiger partial charge on any atom is 0.338 e. The van der Waals surface area contributed by atoms with Gasteiger partial charge < -0.3 is 4.74 Å². The Bertz CT molecular complexity index is 888. The predicted molar refractivity (Wildman–Crippen MR) is 113 cm³/mol. The number of ketones is 1. The molecule has 0 aromatic heterocycles. The van der Waals surface area contributed by atoms with Crippen LogP contribution < -0.4 is 0 Å². The van der Waals surface area contributed by atoms with E-state index in [0.717, 1.165) is 48.1 Å². The second-order valence-corrected chi connectivity index (χ2v) is 9.64. The fraction of sp³-hybridized carbons (Fsp3) is 0.462. The Morgan fingerprint density at radius 1 is 0.828 bits per heavy atom. The van der Waals surface area contributed by atoms with Crippen LogP contribution in [0.4, 0.5) is 0 Å². The number of hydrogen-bond donors (Lipinski definition) is 0. The third-order valence-corrected chi connectivity index (χ3v) is 7.47. The lowest BCUT2D eigenvalue weighted by atomic mass is 9.48. The third kappa shape index (κ3) is 3.52. The number of rotatable bonds is 5. The molecular weight excluding hydrogens is 360 g/mol. The van der Waals surface area contributed by atoms with E-state index in [2.05, 4.69) is 31.2 Å². The molecule has 4 saturated carbocycles. The van der Waals surface area contributed by atoms with Crippen molar-refractivity contribution in [3.8, 4) is 11.1 Å². The van der Waals surface area contributed by atoms with Gasteiger partial charge in [-0.3, -0.25) is 4.79 Å².